The topological polar surface area (TPSA) is 121 Å². The summed E-state index contributed by atoms with van der Waals surface area (Å²) in [6.45, 7) is 1.50. The molecule has 0 fully saturated rings. The fourth-order valence-corrected chi connectivity index (χ4v) is 2.33. The third-order valence-electron chi connectivity index (χ3n) is 2.88. The van der Waals surface area contributed by atoms with Crippen molar-refractivity contribution in [1.29, 1.82) is 0 Å². The molecular weight excluding hydrogens is 411 g/mol. The Morgan fingerprint density at radius 1 is 1.21 bits per heavy atom. The predicted octanol–water partition coefficient (Wildman–Crippen LogP) is 2.50. The maximum Gasteiger partial charge on any atom is 0.296 e. The standard InChI is InChI=1S/C13H12N3O5S.CH4.Y/c1-8-7-11(17)16(2)13(18)12(8)15-14-9-5-3-4-6-10(9)22(19,20)21;;/h3-6,17H,1-2H3,(H,19,20,21);1H4;/q-1;;. The van der Waals surface area contributed by atoms with E-state index in [0.29, 0.717) is 0 Å². The molecule has 0 amide bonds. The van der Waals surface area contributed by atoms with Gasteiger partial charge in [0.15, 0.2) is 5.56 Å². The predicted molar refractivity (Wildman–Crippen MR) is 84.1 cm³/mol. The third-order valence-corrected chi connectivity index (χ3v) is 3.78. The Morgan fingerprint density at radius 2 is 1.79 bits per heavy atom. The van der Waals surface area contributed by atoms with E-state index in [0.717, 1.165) is 10.6 Å². The number of pyridine rings is 1. The van der Waals surface area contributed by atoms with Crippen LogP contribution in [0.4, 0.5) is 11.4 Å². The minimum absolute atomic E-state index is 0. The molecule has 0 atom stereocenters. The van der Waals surface area contributed by atoms with Crippen molar-refractivity contribution in [3.05, 3.63) is 46.2 Å². The fourth-order valence-electron chi connectivity index (χ4n) is 1.71. The fraction of sp³-hybridized carbons (Fsp3) is 0.214. The molecule has 0 saturated carbocycles. The van der Waals surface area contributed by atoms with Crippen molar-refractivity contribution in [2.45, 2.75) is 19.2 Å². The number of hydrogen-bond acceptors (Lipinski definition) is 6. The van der Waals surface area contributed by atoms with Crippen LogP contribution in [0.25, 0.3) is 0 Å². The number of aromatic hydroxyl groups is 1. The average molecular weight is 427 g/mol. The van der Waals surface area contributed by atoms with Gasteiger partial charge in [-0.15, -0.1) is 0 Å². The Morgan fingerprint density at radius 3 is 2.38 bits per heavy atom. The molecule has 10 heteroatoms. The van der Waals surface area contributed by atoms with Crippen LogP contribution in [0.5, 0.6) is 5.88 Å². The molecule has 0 spiro atoms. The number of aromatic nitrogens is 1. The molecule has 1 heterocycles. The Bertz CT molecular complexity index is 922. The Kier molecular flexibility index (Phi) is 8.11. The van der Waals surface area contributed by atoms with Gasteiger partial charge in [-0.3, -0.25) is 9.35 Å². The number of nitrogens with zero attached hydrogens (tertiary/aromatic N) is 3. The van der Waals surface area contributed by atoms with Crippen molar-refractivity contribution in [1.82, 2.24) is 4.57 Å². The summed E-state index contributed by atoms with van der Waals surface area (Å²) >= 11 is 0. The monoisotopic (exact) mass is 427 g/mol. The largest absolute Gasteiger partial charge is 0.510 e. The van der Waals surface area contributed by atoms with Crippen molar-refractivity contribution >= 4 is 21.5 Å². The normalized spacial score (nSPS) is 11.0. The summed E-state index contributed by atoms with van der Waals surface area (Å²) in [7, 11) is -3.13. The van der Waals surface area contributed by atoms with Gasteiger partial charge in [0.25, 0.3) is 10.1 Å². The summed E-state index contributed by atoms with van der Waals surface area (Å²) in [5.41, 5.74) is -0.555. The van der Waals surface area contributed by atoms with Gasteiger partial charge in [0.2, 0.25) is 0 Å². The number of rotatable bonds is 3. The molecule has 1 radical (unpaired) electrons. The van der Waals surface area contributed by atoms with E-state index >= 15 is 0 Å². The molecule has 127 valence electrons. The van der Waals surface area contributed by atoms with E-state index < -0.39 is 20.6 Å². The van der Waals surface area contributed by atoms with Crippen molar-refractivity contribution in [2.24, 2.45) is 17.3 Å². The van der Waals surface area contributed by atoms with Crippen LogP contribution in [0, 0.1) is 13.0 Å². The molecule has 0 aliphatic heterocycles. The molecule has 0 aliphatic carbocycles. The van der Waals surface area contributed by atoms with Gasteiger partial charge < -0.3 is 9.67 Å². The minimum atomic E-state index is -4.46. The van der Waals surface area contributed by atoms with E-state index in [1.807, 2.05) is 0 Å². The second kappa shape index (κ2) is 8.61. The Labute approximate surface area is 164 Å². The van der Waals surface area contributed by atoms with Gasteiger partial charge in [0, 0.05) is 45.4 Å². The minimum Gasteiger partial charge on any atom is -0.510 e. The van der Waals surface area contributed by atoms with Gasteiger partial charge in [0.05, 0.1) is 5.88 Å². The molecule has 2 rings (SSSR count). The third kappa shape index (κ3) is 4.79. The van der Waals surface area contributed by atoms with Crippen LogP contribution in [-0.4, -0.2) is 22.6 Å². The van der Waals surface area contributed by atoms with Gasteiger partial charge in [-0.1, -0.05) is 26.5 Å². The zero-order valence-electron chi connectivity index (χ0n) is 12.3. The second-order valence-electron chi connectivity index (χ2n) is 4.43. The molecule has 0 unspecified atom stereocenters. The Hall–Kier alpha value is -1.42. The number of aryl methyl sites for hydroxylation is 1. The van der Waals surface area contributed by atoms with Gasteiger partial charge in [0.1, 0.15) is 10.6 Å². The molecule has 2 N–H and O–H groups in total. The number of hydrogen-bond donors (Lipinski definition) is 2. The van der Waals surface area contributed by atoms with Crippen LogP contribution in [0.1, 0.15) is 13.0 Å². The van der Waals surface area contributed by atoms with Gasteiger partial charge >= 0.3 is 0 Å². The van der Waals surface area contributed by atoms with Crippen molar-refractivity contribution in [3.8, 4) is 5.88 Å². The van der Waals surface area contributed by atoms with E-state index in [1.165, 1.54) is 32.2 Å². The van der Waals surface area contributed by atoms with Crippen molar-refractivity contribution < 1.29 is 50.8 Å². The molecule has 1 aromatic carbocycles. The summed E-state index contributed by atoms with van der Waals surface area (Å²) in [6, 6.07) is 7.95. The quantitative estimate of drug-likeness (QED) is 0.443. The molecular formula is C14H16N3O5SY-. The summed E-state index contributed by atoms with van der Waals surface area (Å²) < 4.78 is 32.5. The molecule has 0 saturated heterocycles. The molecule has 0 bridgehead atoms. The molecule has 1 aromatic heterocycles. The summed E-state index contributed by atoms with van der Waals surface area (Å²) in [5.74, 6) is -0.347. The zero-order chi connectivity index (χ0) is 16.5. The van der Waals surface area contributed by atoms with Crippen LogP contribution in [-0.2, 0) is 49.9 Å². The van der Waals surface area contributed by atoms with Crippen LogP contribution >= 0.6 is 0 Å². The van der Waals surface area contributed by atoms with E-state index in [1.54, 1.807) is 0 Å². The van der Waals surface area contributed by atoms with Crippen LogP contribution in [0.2, 0.25) is 0 Å². The molecule has 2 aromatic rings. The maximum absolute atomic E-state index is 12.0. The summed E-state index contributed by atoms with van der Waals surface area (Å²) in [4.78, 5) is 11.6. The van der Waals surface area contributed by atoms with Crippen molar-refractivity contribution in [2.75, 3.05) is 0 Å². The molecule has 24 heavy (non-hydrogen) atoms. The first-order valence-corrected chi connectivity index (χ1v) is 7.46. The number of benzene rings is 1. The van der Waals surface area contributed by atoms with E-state index in [-0.39, 0.29) is 63.0 Å². The van der Waals surface area contributed by atoms with E-state index in [9.17, 15) is 18.3 Å². The Balaban J connectivity index is 0.00000264. The first-order valence-electron chi connectivity index (χ1n) is 6.02. The molecule has 8 nitrogen and oxygen atoms in total. The summed E-state index contributed by atoms with van der Waals surface area (Å²) in [6.07, 6.45) is 0. The number of azo groups is 1. The molecule has 0 aliphatic rings. The summed E-state index contributed by atoms with van der Waals surface area (Å²) in [5, 5.41) is 16.9. The van der Waals surface area contributed by atoms with E-state index in [2.05, 4.69) is 16.3 Å². The smallest absolute Gasteiger partial charge is 0.296 e. The maximum atomic E-state index is 12.0. The van der Waals surface area contributed by atoms with Gasteiger partial charge in [-0.05, 0) is 12.1 Å². The zero-order valence-corrected chi connectivity index (χ0v) is 15.9. The first-order chi connectivity index (χ1) is 10.2. The van der Waals surface area contributed by atoms with Crippen LogP contribution in [0.15, 0.2) is 44.2 Å². The van der Waals surface area contributed by atoms with Crippen LogP contribution in [0.3, 0.4) is 0 Å². The second-order valence-corrected chi connectivity index (χ2v) is 5.82. The van der Waals surface area contributed by atoms with Gasteiger partial charge in [-0.25, -0.2) is 5.11 Å². The average Bonchev–Trinajstić information content (AvgIpc) is 2.44. The van der Waals surface area contributed by atoms with Gasteiger partial charge in [-0.2, -0.15) is 25.2 Å². The SMILES string of the molecule is C.Cc1[c-]c(O)n(C)c(=O)c1N=Nc1ccccc1S(=O)(=O)O.[Y]. The van der Waals surface area contributed by atoms with Crippen molar-refractivity contribution in [3.63, 3.8) is 0 Å². The van der Waals surface area contributed by atoms with E-state index in [4.69, 9.17) is 4.55 Å². The first kappa shape index (κ1) is 22.6. The van der Waals surface area contributed by atoms with Crippen LogP contribution < -0.4 is 5.56 Å².